The number of nitrogens with zero attached hydrogens (tertiary/aromatic N) is 1. The molecule has 0 spiro atoms. The van der Waals surface area contributed by atoms with Crippen LogP contribution >= 0.6 is 0 Å². The van der Waals surface area contributed by atoms with Gasteiger partial charge in [-0.25, -0.2) is 0 Å². The number of rotatable bonds is 3. The van der Waals surface area contributed by atoms with Crippen LogP contribution in [0.1, 0.15) is 33.6 Å². The van der Waals surface area contributed by atoms with Crippen LogP contribution < -0.4 is 5.73 Å². The largest absolute Gasteiger partial charge is 0.370 e. The predicted octanol–water partition coefficient (Wildman–Crippen LogP) is 0.283. The molecule has 1 unspecified atom stereocenters. The molecule has 0 aromatic carbocycles. The first-order chi connectivity index (χ1) is 7.02. The second-order valence-corrected chi connectivity index (χ2v) is 3.21. The second kappa shape index (κ2) is 6.16. The number of primary amides is 1. The van der Waals surface area contributed by atoms with E-state index in [1.54, 1.807) is 6.92 Å². The standard InChI is InChI=1S/C8H12N2O3.C2H6/c1-5-4-7(12)10(8(5)13)3-2-6(9)11;1-2/h5H,2-4H2,1H3,(H2,9,11);1-2H3. The van der Waals surface area contributed by atoms with E-state index in [1.165, 1.54) is 0 Å². The third-order valence-electron chi connectivity index (χ3n) is 2.05. The van der Waals surface area contributed by atoms with Gasteiger partial charge in [0.15, 0.2) is 0 Å². The summed E-state index contributed by atoms with van der Waals surface area (Å²) in [5, 5.41) is 0. The predicted molar refractivity (Wildman–Crippen MR) is 55.7 cm³/mol. The van der Waals surface area contributed by atoms with Gasteiger partial charge in [-0.1, -0.05) is 20.8 Å². The average Bonchev–Trinajstić information content (AvgIpc) is 2.42. The van der Waals surface area contributed by atoms with Gasteiger partial charge >= 0.3 is 0 Å². The third kappa shape index (κ3) is 3.69. The molecule has 1 heterocycles. The monoisotopic (exact) mass is 214 g/mol. The quantitative estimate of drug-likeness (QED) is 0.685. The van der Waals surface area contributed by atoms with Gasteiger partial charge in [0.1, 0.15) is 0 Å². The number of nitrogens with two attached hydrogens (primary N) is 1. The zero-order valence-electron chi connectivity index (χ0n) is 9.45. The lowest BCUT2D eigenvalue weighted by Crippen LogP contribution is -2.33. The van der Waals surface area contributed by atoms with Gasteiger partial charge in [0.05, 0.1) is 0 Å². The van der Waals surface area contributed by atoms with E-state index < -0.39 is 5.91 Å². The minimum absolute atomic E-state index is 0.0458. The van der Waals surface area contributed by atoms with Crippen LogP contribution in [0.25, 0.3) is 0 Å². The molecule has 15 heavy (non-hydrogen) atoms. The van der Waals surface area contributed by atoms with Crippen LogP contribution in [0.2, 0.25) is 0 Å². The van der Waals surface area contributed by atoms with Crippen LogP contribution in [0, 0.1) is 5.92 Å². The van der Waals surface area contributed by atoms with Gasteiger partial charge in [0.2, 0.25) is 17.7 Å². The molecular formula is C10H18N2O3. The summed E-state index contributed by atoms with van der Waals surface area (Å²) in [6, 6.07) is 0. The number of hydrogen-bond donors (Lipinski definition) is 1. The Bertz CT molecular complexity index is 263. The van der Waals surface area contributed by atoms with Crippen molar-refractivity contribution < 1.29 is 14.4 Å². The Morgan fingerprint density at radius 1 is 1.47 bits per heavy atom. The van der Waals surface area contributed by atoms with E-state index in [2.05, 4.69) is 0 Å². The van der Waals surface area contributed by atoms with E-state index in [0.29, 0.717) is 0 Å². The minimum Gasteiger partial charge on any atom is -0.370 e. The summed E-state index contributed by atoms with van der Waals surface area (Å²) < 4.78 is 0. The number of hydrogen-bond acceptors (Lipinski definition) is 3. The van der Waals surface area contributed by atoms with E-state index in [1.807, 2.05) is 13.8 Å². The molecule has 1 aliphatic heterocycles. The summed E-state index contributed by atoms with van der Waals surface area (Å²) in [6.45, 7) is 5.82. The van der Waals surface area contributed by atoms with Crippen LogP contribution in [0.3, 0.4) is 0 Å². The Kier molecular flexibility index (Phi) is 5.59. The summed E-state index contributed by atoms with van der Waals surface area (Å²) >= 11 is 0. The number of imide groups is 1. The van der Waals surface area contributed by atoms with Gasteiger partial charge in [-0.3, -0.25) is 19.3 Å². The molecular weight excluding hydrogens is 196 g/mol. The van der Waals surface area contributed by atoms with E-state index >= 15 is 0 Å². The number of carbonyl (C=O) groups is 3. The summed E-state index contributed by atoms with van der Waals surface area (Å²) in [7, 11) is 0. The Morgan fingerprint density at radius 2 is 2.00 bits per heavy atom. The highest BCUT2D eigenvalue weighted by Crippen LogP contribution is 2.18. The molecule has 3 amide bonds. The molecule has 0 saturated carbocycles. The lowest BCUT2D eigenvalue weighted by molar-refractivity contribution is -0.139. The molecule has 2 N–H and O–H groups in total. The number of amides is 3. The van der Waals surface area contributed by atoms with Crippen molar-refractivity contribution in [2.45, 2.75) is 33.6 Å². The Hall–Kier alpha value is -1.39. The normalized spacial score (nSPS) is 19.9. The van der Waals surface area contributed by atoms with Crippen LogP contribution in [0.15, 0.2) is 0 Å². The first-order valence-corrected chi connectivity index (χ1v) is 5.15. The van der Waals surface area contributed by atoms with Crippen molar-refractivity contribution in [3.63, 3.8) is 0 Å². The van der Waals surface area contributed by atoms with Crippen LogP contribution in [0.5, 0.6) is 0 Å². The zero-order chi connectivity index (χ0) is 12.0. The fraction of sp³-hybridized carbons (Fsp3) is 0.700. The van der Waals surface area contributed by atoms with Crippen molar-refractivity contribution in [2.24, 2.45) is 11.7 Å². The van der Waals surface area contributed by atoms with Crippen LogP contribution in [-0.2, 0) is 14.4 Å². The summed E-state index contributed by atoms with van der Waals surface area (Å²) in [6.07, 6.45) is 0.293. The van der Waals surface area contributed by atoms with Crippen molar-refractivity contribution >= 4 is 17.7 Å². The van der Waals surface area contributed by atoms with Crippen LogP contribution in [-0.4, -0.2) is 29.2 Å². The topological polar surface area (TPSA) is 80.5 Å². The van der Waals surface area contributed by atoms with Crippen molar-refractivity contribution in [1.29, 1.82) is 0 Å². The fourth-order valence-electron chi connectivity index (χ4n) is 1.31. The highest BCUT2D eigenvalue weighted by Gasteiger charge is 2.35. The van der Waals surface area contributed by atoms with Crippen LogP contribution in [0.4, 0.5) is 0 Å². The summed E-state index contributed by atoms with van der Waals surface area (Å²) in [5.41, 5.74) is 4.91. The molecule has 1 rings (SSSR count). The van der Waals surface area contributed by atoms with Crippen molar-refractivity contribution in [2.75, 3.05) is 6.54 Å². The van der Waals surface area contributed by atoms with Crippen molar-refractivity contribution in [3.05, 3.63) is 0 Å². The molecule has 0 aliphatic carbocycles. The molecule has 5 nitrogen and oxygen atoms in total. The molecule has 5 heteroatoms. The van der Waals surface area contributed by atoms with Gasteiger partial charge in [-0.2, -0.15) is 0 Å². The number of likely N-dealkylation sites (tertiary alicyclic amines) is 1. The average molecular weight is 214 g/mol. The molecule has 0 radical (unpaired) electrons. The molecule has 0 bridgehead atoms. The Morgan fingerprint density at radius 3 is 2.33 bits per heavy atom. The lowest BCUT2D eigenvalue weighted by atomic mass is 10.1. The molecule has 1 atom stereocenters. The SMILES string of the molecule is CC.CC1CC(=O)N(CCC(N)=O)C1=O. The van der Waals surface area contributed by atoms with E-state index in [9.17, 15) is 14.4 Å². The molecule has 86 valence electrons. The Balaban J connectivity index is 0.000000921. The summed E-state index contributed by atoms with van der Waals surface area (Å²) in [4.78, 5) is 34.0. The molecule has 1 saturated heterocycles. The third-order valence-corrected chi connectivity index (χ3v) is 2.05. The van der Waals surface area contributed by atoms with Gasteiger partial charge in [0.25, 0.3) is 0 Å². The van der Waals surface area contributed by atoms with Crippen molar-refractivity contribution in [3.8, 4) is 0 Å². The molecule has 1 aliphatic rings. The first-order valence-electron chi connectivity index (χ1n) is 5.15. The maximum atomic E-state index is 11.3. The van der Waals surface area contributed by atoms with E-state index in [-0.39, 0.29) is 37.1 Å². The smallest absolute Gasteiger partial charge is 0.232 e. The van der Waals surface area contributed by atoms with E-state index in [4.69, 9.17) is 5.73 Å². The summed E-state index contributed by atoms with van der Waals surface area (Å²) in [5.74, 6) is -1.16. The molecule has 1 fully saturated rings. The molecule has 0 aromatic rings. The van der Waals surface area contributed by atoms with Gasteiger partial charge < -0.3 is 5.73 Å². The Labute approximate surface area is 89.6 Å². The zero-order valence-corrected chi connectivity index (χ0v) is 9.45. The van der Waals surface area contributed by atoms with Gasteiger partial charge in [0, 0.05) is 25.3 Å². The maximum Gasteiger partial charge on any atom is 0.232 e. The lowest BCUT2D eigenvalue weighted by Gasteiger charge is -2.12. The highest BCUT2D eigenvalue weighted by molar-refractivity contribution is 6.03. The van der Waals surface area contributed by atoms with E-state index in [0.717, 1.165) is 4.90 Å². The minimum atomic E-state index is -0.500. The fourth-order valence-corrected chi connectivity index (χ4v) is 1.31. The van der Waals surface area contributed by atoms with Gasteiger partial charge in [-0.05, 0) is 0 Å². The molecule has 0 aromatic heterocycles. The van der Waals surface area contributed by atoms with Gasteiger partial charge in [-0.15, -0.1) is 0 Å². The maximum absolute atomic E-state index is 11.3. The number of carbonyl (C=O) groups excluding carboxylic acids is 3. The second-order valence-electron chi connectivity index (χ2n) is 3.21. The van der Waals surface area contributed by atoms with Crippen molar-refractivity contribution in [1.82, 2.24) is 4.90 Å². The highest BCUT2D eigenvalue weighted by atomic mass is 16.2. The first kappa shape index (κ1) is 13.6.